The summed E-state index contributed by atoms with van der Waals surface area (Å²) >= 11 is 1.30. The van der Waals surface area contributed by atoms with Crippen LogP contribution in [0.25, 0.3) is 0 Å². The Kier molecular flexibility index (Phi) is 7.04. The predicted octanol–water partition coefficient (Wildman–Crippen LogP) is 3.19. The average Bonchev–Trinajstić information content (AvgIpc) is 3.16. The van der Waals surface area contributed by atoms with E-state index in [-0.39, 0.29) is 11.7 Å². The van der Waals surface area contributed by atoms with E-state index in [1.165, 1.54) is 23.5 Å². The number of anilines is 1. The van der Waals surface area contributed by atoms with E-state index in [4.69, 9.17) is 5.26 Å². The Labute approximate surface area is 190 Å². The number of aromatic nitrogens is 2. The maximum Gasteiger partial charge on any atom is 0.282 e. The number of carbonyl (C=O) groups is 1. The monoisotopic (exact) mass is 450 g/mol. The van der Waals surface area contributed by atoms with Gasteiger partial charge in [-0.3, -0.25) is 9.69 Å². The smallest absolute Gasteiger partial charge is 0.282 e. The molecule has 0 saturated carbocycles. The molecule has 0 bridgehead atoms. The Morgan fingerprint density at radius 3 is 2.59 bits per heavy atom. The maximum atomic E-state index is 13.0. The van der Waals surface area contributed by atoms with Crippen LogP contribution in [0.4, 0.5) is 10.1 Å². The molecule has 0 unspecified atom stereocenters. The van der Waals surface area contributed by atoms with Crippen LogP contribution >= 0.6 is 11.3 Å². The first-order valence-electron chi connectivity index (χ1n) is 10.4. The topological polar surface area (TPSA) is 85.2 Å². The highest BCUT2D eigenvalue weighted by atomic mass is 32.1. The summed E-state index contributed by atoms with van der Waals surface area (Å²) in [6.07, 6.45) is 1.02. The van der Waals surface area contributed by atoms with E-state index in [1.54, 1.807) is 12.1 Å². The lowest BCUT2D eigenvalue weighted by atomic mass is 10.2. The second-order valence-electron chi connectivity index (χ2n) is 7.59. The number of amides is 1. The van der Waals surface area contributed by atoms with Crippen LogP contribution < -0.4 is 10.2 Å². The lowest BCUT2D eigenvalue weighted by Gasteiger charge is -2.23. The van der Waals surface area contributed by atoms with Gasteiger partial charge in [-0.05, 0) is 48.4 Å². The number of nitrogens with zero attached hydrogens (tertiary/aromatic N) is 5. The van der Waals surface area contributed by atoms with Gasteiger partial charge in [-0.1, -0.05) is 23.5 Å². The van der Waals surface area contributed by atoms with Crippen LogP contribution in [-0.2, 0) is 13.1 Å². The van der Waals surface area contributed by atoms with Gasteiger partial charge in [-0.2, -0.15) is 5.26 Å². The van der Waals surface area contributed by atoms with Crippen LogP contribution in [-0.4, -0.2) is 47.2 Å². The molecule has 0 radical (unpaired) electrons. The third-order valence-electron chi connectivity index (χ3n) is 5.34. The normalized spacial score (nSPS) is 14.6. The third kappa shape index (κ3) is 5.66. The molecular formula is C23H23FN6OS. The zero-order valence-corrected chi connectivity index (χ0v) is 18.3. The summed E-state index contributed by atoms with van der Waals surface area (Å²) in [5.41, 5.74) is 2.61. The van der Waals surface area contributed by atoms with Gasteiger partial charge in [-0.25, -0.2) is 4.39 Å². The molecule has 1 aliphatic heterocycles. The van der Waals surface area contributed by atoms with Gasteiger partial charge in [0, 0.05) is 38.4 Å². The first-order valence-corrected chi connectivity index (χ1v) is 11.2. The molecule has 1 fully saturated rings. The van der Waals surface area contributed by atoms with Gasteiger partial charge in [0.1, 0.15) is 10.8 Å². The van der Waals surface area contributed by atoms with Gasteiger partial charge in [0.25, 0.3) is 5.91 Å². The minimum atomic E-state index is -0.303. The molecule has 1 N–H and O–H groups in total. The molecule has 2 heterocycles. The van der Waals surface area contributed by atoms with Crippen molar-refractivity contribution >= 4 is 22.9 Å². The maximum absolute atomic E-state index is 13.0. The predicted molar refractivity (Wildman–Crippen MR) is 121 cm³/mol. The van der Waals surface area contributed by atoms with Crippen molar-refractivity contribution in [3.8, 4) is 6.07 Å². The van der Waals surface area contributed by atoms with E-state index in [0.717, 1.165) is 48.9 Å². The van der Waals surface area contributed by atoms with Crippen LogP contribution in [0.1, 0.15) is 32.4 Å². The van der Waals surface area contributed by atoms with Crippen LogP contribution in [0.15, 0.2) is 48.5 Å². The van der Waals surface area contributed by atoms with Crippen LogP contribution in [0.2, 0.25) is 0 Å². The van der Waals surface area contributed by atoms with E-state index in [9.17, 15) is 9.18 Å². The number of hydrogen-bond donors (Lipinski definition) is 1. The van der Waals surface area contributed by atoms with Crippen molar-refractivity contribution in [1.82, 2.24) is 20.4 Å². The number of halogens is 1. The molecule has 164 valence electrons. The number of nitriles is 1. The van der Waals surface area contributed by atoms with E-state index >= 15 is 0 Å². The Morgan fingerprint density at radius 2 is 1.84 bits per heavy atom. The summed E-state index contributed by atoms with van der Waals surface area (Å²) in [6.45, 7) is 4.63. The fraction of sp³-hybridized carbons (Fsp3) is 0.304. The zero-order valence-electron chi connectivity index (χ0n) is 17.5. The number of rotatable bonds is 6. The summed E-state index contributed by atoms with van der Waals surface area (Å²) in [4.78, 5) is 17.0. The minimum absolute atomic E-state index is 0.277. The lowest BCUT2D eigenvalue weighted by Crippen LogP contribution is -2.30. The summed E-state index contributed by atoms with van der Waals surface area (Å²) in [5.74, 6) is -0.580. The lowest BCUT2D eigenvalue weighted by molar-refractivity contribution is 0.0950. The molecule has 0 aliphatic carbocycles. The fourth-order valence-corrected chi connectivity index (χ4v) is 4.39. The van der Waals surface area contributed by atoms with E-state index in [0.29, 0.717) is 23.7 Å². The molecule has 2 aromatic carbocycles. The molecule has 0 atom stereocenters. The van der Waals surface area contributed by atoms with Crippen molar-refractivity contribution in [2.75, 3.05) is 31.1 Å². The third-order valence-corrected chi connectivity index (χ3v) is 6.24. The number of benzene rings is 2. The first kappa shape index (κ1) is 21.9. The van der Waals surface area contributed by atoms with E-state index in [1.807, 2.05) is 24.3 Å². The molecule has 1 aromatic heterocycles. The Morgan fingerprint density at radius 1 is 1.06 bits per heavy atom. The second kappa shape index (κ2) is 10.3. The van der Waals surface area contributed by atoms with Crippen molar-refractivity contribution in [2.24, 2.45) is 0 Å². The SMILES string of the molecule is N#Cc1ccc(N2CCCN(Cc3nnc(C(=O)NCc4ccc(F)cc4)s3)CC2)cc1. The van der Waals surface area contributed by atoms with Gasteiger partial charge in [-0.15, -0.1) is 10.2 Å². The van der Waals surface area contributed by atoms with Crippen molar-refractivity contribution in [3.63, 3.8) is 0 Å². The highest BCUT2D eigenvalue weighted by Crippen LogP contribution is 2.19. The van der Waals surface area contributed by atoms with Gasteiger partial charge in [0.2, 0.25) is 5.01 Å². The summed E-state index contributed by atoms with van der Waals surface area (Å²) < 4.78 is 13.0. The van der Waals surface area contributed by atoms with E-state index in [2.05, 4.69) is 31.4 Å². The molecule has 9 heteroatoms. The van der Waals surface area contributed by atoms with Gasteiger partial charge in [0.05, 0.1) is 18.2 Å². The number of hydrogen-bond acceptors (Lipinski definition) is 7. The molecule has 1 aliphatic rings. The zero-order chi connectivity index (χ0) is 22.3. The quantitative estimate of drug-likeness (QED) is 0.621. The molecule has 0 spiro atoms. The van der Waals surface area contributed by atoms with Crippen LogP contribution in [0.5, 0.6) is 0 Å². The standard InChI is InChI=1S/C23H23FN6OS/c24-19-6-2-18(3-7-19)15-26-22(31)23-28-27-21(32-23)16-29-10-1-11-30(13-12-29)20-8-4-17(14-25)5-9-20/h2-9H,1,10-13,15-16H2,(H,26,31). The average molecular weight is 451 g/mol. The van der Waals surface area contributed by atoms with Crippen molar-refractivity contribution in [1.29, 1.82) is 5.26 Å². The Hall–Kier alpha value is -3.35. The second-order valence-corrected chi connectivity index (χ2v) is 8.65. The first-order chi connectivity index (χ1) is 15.6. The number of nitrogens with one attached hydrogen (secondary N) is 1. The molecule has 4 rings (SSSR count). The van der Waals surface area contributed by atoms with Crippen molar-refractivity contribution in [3.05, 3.63) is 75.5 Å². The van der Waals surface area contributed by atoms with Crippen molar-refractivity contribution < 1.29 is 9.18 Å². The summed E-state index contributed by atoms with van der Waals surface area (Å²) in [7, 11) is 0. The molecule has 1 saturated heterocycles. The molecule has 3 aromatic rings. The summed E-state index contributed by atoms with van der Waals surface area (Å²) in [6, 6.07) is 15.9. The minimum Gasteiger partial charge on any atom is -0.370 e. The van der Waals surface area contributed by atoms with Crippen LogP contribution in [0, 0.1) is 17.1 Å². The van der Waals surface area contributed by atoms with Gasteiger partial charge < -0.3 is 10.2 Å². The van der Waals surface area contributed by atoms with Crippen molar-refractivity contribution in [2.45, 2.75) is 19.5 Å². The molecule has 32 heavy (non-hydrogen) atoms. The summed E-state index contributed by atoms with van der Waals surface area (Å²) in [5, 5.41) is 21.1. The molecule has 7 nitrogen and oxygen atoms in total. The highest BCUT2D eigenvalue weighted by molar-refractivity contribution is 7.13. The van der Waals surface area contributed by atoms with Gasteiger partial charge >= 0.3 is 0 Å². The highest BCUT2D eigenvalue weighted by Gasteiger charge is 2.18. The van der Waals surface area contributed by atoms with Crippen LogP contribution in [0.3, 0.4) is 0 Å². The van der Waals surface area contributed by atoms with Gasteiger partial charge in [0.15, 0.2) is 0 Å². The fourth-order valence-electron chi connectivity index (χ4n) is 3.59. The molecular weight excluding hydrogens is 427 g/mol. The largest absolute Gasteiger partial charge is 0.370 e. The van der Waals surface area contributed by atoms with E-state index < -0.39 is 0 Å². The number of carbonyl (C=O) groups excluding carboxylic acids is 1. The Balaban J connectivity index is 1.28. The Bertz CT molecular complexity index is 1090. The molecule has 1 amide bonds.